The molecule has 1 heterocycles. The molecule has 2 fully saturated rings. The molecule has 2 aromatic rings. The van der Waals surface area contributed by atoms with Crippen LogP contribution in [0.2, 0.25) is 0 Å². The van der Waals surface area contributed by atoms with Crippen LogP contribution in [0.1, 0.15) is 61.8 Å². The molecule has 6 heteroatoms. The summed E-state index contributed by atoms with van der Waals surface area (Å²) < 4.78 is 14.2. The van der Waals surface area contributed by atoms with Crippen LogP contribution in [-0.2, 0) is 14.4 Å². The molecule has 2 amide bonds. The van der Waals surface area contributed by atoms with Crippen molar-refractivity contribution in [2.24, 2.45) is 5.92 Å². The fourth-order valence-electron chi connectivity index (χ4n) is 4.24. The number of halogens is 1. The summed E-state index contributed by atoms with van der Waals surface area (Å²) in [5.74, 6) is -1.55. The van der Waals surface area contributed by atoms with Crippen molar-refractivity contribution in [1.82, 2.24) is 10.2 Å². The van der Waals surface area contributed by atoms with Gasteiger partial charge in [0, 0.05) is 12.3 Å². The number of ketones is 1. The lowest BCUT2D eigenvalue weighted by molar-refractivity contribution is -0.148. The average Bonchev–Trinajstić information content (AvgIpc) is 3.58. The average molecular weight is 437 g/mol. The number of likely N-dealkylation sites (tertiary alicyclic amines) is 1. The molecule has 1 aliphatic heterocycles. The van der Waals surface area contributed by atoms with Crippen molar-refractivity contribution < 1.29 is 18.8 Å². The van der Waals surface area contributed by atoms with Crippen LogP contribution < -0.4 is 5.32 Å². The van der Waals surface area contributed by atoms with E-state index in [0.29, 0.717) is 18.8 Å². The van der Waals surface area contributed by atoms with Gasteiger partial charge in [-0.05, 0) is 35.4 Å². The van der Waals surface area contributed by atoms with Crippen LogP contribution in [0.15, 0.2) is 54.6 Å². The van der Waals surface area contributed by atoms with Crippen LogP contribution in [0, 0.1) is 5.92 Å². The lowest BCUT2D eigenvalue weighted by Crippen LogP contribution is -2.49. The molecule has 2 aromatic carbocycles. The molecular weight excluding hydrogens is 407 g/mol. The Morgan fingerprint density at radius 3 is 2.12 bits per heavy atom. The molecule has 32 heavy (non-hydrogen) atoms. The van der Waals surface area contributed by atoms with E-state index in [-0.39, 0.29) is 18.9 Å². The van der Waals surface area contributed by atoms with Crippen LogP contribution in [0.5, 0.6) is 0 Å². The number of nitrogens with zero attached hydrogens (tertiary/aromatic N) is 1. The minimum atomic E-state index is -1.32. The summed E-state index contributed by atoms with van der Waals surface area (Å²) in [6.45, 7) is 4.02. The Bertz CT molecular complexity index is 986. The van der Waals surface area contributed by atoms with Gasteiger partial charge in [0.05, 0.1) is 12.6 Å². The minimum absolute atomic E-state index is 0.0939. The highest BCUT2D eigenvalue weighted by molar-refractivity contribution is 6.37. The predicted molar refractivity (Wildman–Crippen MR) is 120 cm³/mol. The Balaban J connectivity index is 1.57. The molecule has 2 aliphatic rings. The molecule has 0 unspecified atom stereocenters. The lowest BCUT2D eigenvalue weighted by Gasteiger charge is -2.26. The standard InChI is InChI=1S/C26H29FN2O3/c1-16(2)17-8-10-19(11-9-17)23(18-6-4-3-5-7-18)28-25(31)22-14-21(27)15-29(22)26(32)24(30)20-12-13-20/h3-11,16,20-23H,12-15H2,1-2H3,(H,28,31)/t21-,22+,23+/m1/s1. The van der Waals surface area contributed by atoms with Crippen LogP contribution in [0.4, 0.5) is 4.39 Å². The molecule has 168 valence electrons. The first-order valence-corrected chi connectivity index (χ1v) is 11.3. The Morgan fingerprint density at radius 2 is 1.53 bits per heavy atom. The Kier molecular flexibility index (Phi) is 6.40. The number of nitrogens with one attached hydrogen (secondary N) is 1. The SMILES string of the molecule is CC(C)c1ccc([C@@H](NC(=O)[C@@H]2C[C@@H](F)CN2C(=O)C(=O)C2CC2)c2ccccc2)cc1. The van der Waals surface area contributed by atoms with E-state index < -0.39 is 35.9 Å². The summed E-state index contributed by atoms with van der Waals surface area (Å²) in [4.78, 5) is 39.3. The lowest BCUT2D eigenvalue weighted by atomic mass is 9.95. The quantitative estimate of drug-likeness (QED) is 0.669. The smallest absolute Gasteiger partial charge is 0.291 e. The van der Waals surface area contributed by atoms with Crippen molar-refractivity contribution in [1.29, 1.82) is 0 Å². The van der Waals surface area contributed by atoms with Gasteiger partial charge in [0.1, 0.15) is 12.2 Å². The van der Waals surface area contributed by atoms with Crippen LogP contribution >= 0.6 is 0 Å². The molecule has 0 radical (unpaired) electrons. The minimum Gasteiger partial charge on any atom is -0.343 e. The zero-order chi connectivity index (χ0) is 22.8. The molecular formula is C26H29FN2O3. The molecule has 4 rings (SSSR count). The van der Waals surface area contributed by atoms with E-state index in [0.717, 1.165) is 16.0 Å². The fraction of sp³-hybridized carbons (Fsp3) is 0.423. The van der Waals surface area contributed by atoms with Crippen molar-refractivity contribution in [3.8, 4) is 0 Å². The second kappa shape index (κ2) is 9.23. The maximum atomic E-state index is 14.2. The van der Waals surface area contributed by atoms with Crippen LogP contribution in [-0.4, -0.2) is 41.3 Å². The van der Waals surface area contributed by atoms with Gasteiger partial charge in [-0.2, -0.15) is 0 Å². The molecule has 1 N–H and O–H groups in total. The van der Waals surface area contributed by atoms with Crippen LogP contribution in [0.3, 0.4) is 0 Å². The summed E-state index contributed by atoms with van der Waals surface area (Å²) in [6, 6.07) is 16.2. The second-order valence-corrected chi connectivity index (χ2v) is 9.12. The molecule has 1 saturated carbocycles. The number of hydrogen-bond acceptors (Lipinski definition) is 3. The van der Waals surface area contributed by atoms with Crippen molar-refractivity contribution in [3.63, 3.8) is 0 Å². The first-order chi connectivity index (χ1) is 15.3. The molecule has 0 bridgehead atoms. The maximum Gasteiger partial charge on any atom is 0.291 e. The number of alkyl halides is 1. The topological polar surface area (TPSA) is 66.5 Å². The van der Waals surface area contributed by atoms with Crippen LogP contribution in [0.25, 0.3) is 0 Å². The van der Waals surface area contributed by atoms with Gasteiger partial charge in [0.2, 0.25) is 11.7 Å². The summed E-state index contributed by atoms with van der Waals surface area (Å²) in [5, 5.41) is 3.02. The Hall–Kier alpha value is -3.02. The highest BCUT2D eigenvalue weighted by atomic mass is 19.1. The van der Waals surface area contributed by atoms with Gasteiger partial charge in [-0.15, -0.1) is 0 Å². The van der Waals surface area contributed by atoms with E-state index in [1.807, 2.05) is 54.6 Å². The van der Waals surface area contributed by atoms with E-state index in [1.54, 1.807) is 0 Å². The van der Waals surface area contributed by atoms with Gasteiger partial charge in [0.25, 0.3) is 5.91 Å². The van der Waals surface area contributed by atoms with Gasteiger partial charge in [-0.25, -0.2) is 4.39 Å². The van der Waals surface area contributed by atoms with Gasteiger partial charge in [0.15, 0.2) is 0 Å². The van der Waals surface area contributed by atoms with E-state index in [1.165, 1.54) is 5.56 Å². The first kappa shape index (κ1) is 22.2. The third-order valence-corrected chi connectivity index (χ3v) is 6.33. The molecule has 5 nitrogen and oxygen atoms in total. The highest BCUT2D eigenvalue weighted by Gasteiger charge is 2.45. The predicted octanol–water partition coefficient (Wildman–Crippen LogP) is 3.93. The van der Waals surface area contributed by atoms with E-state index in [4.69, 9.17) is 0 Å². The number of carbonyl (C=O) groups excluding carboxylic acids is 3. The Morgan fingerprint density at radius 1 is 0.938 bits per heavy atom. The molecule has 0 spiro atoms. The third-order valence-electron chi connectivity index (χ3n) is 6.33. The number of rotatable bonds is 7. The number of benzene rings is 2. The fourth-order valence-corrected chi connectivity index (χ4v) is 4.24. The summed E-state index contributed by atoms with van der Waals surface area (Å²) in [5.41, 5.74) is 2.98. The highest BCUT2D eigenvalue weighted by Crippen LogP contribution is 2.32. The van der Waals surface area contributed by atoms with Gasteiger partial charge < -0.3 is 10.2 Å². The van der Waals surface area contributed by atoms with Crippen molar-refractivity contribution in [2.75, 3.05) is 6.54 Å². The largest absolute Gasteiger partial charge is 0.343 e. The number of carbonyl (C=O) groups is 3. The molecule has 1 saturated heterocycles. The van der Waals surface area contributed by atoms with E-state index >= 15 is 0 Å². The molecule has 3 atom stereocenters. The monoisotopic (exact) mass is 436 g/mol. The maximum absolute atomic E-state index is 14.2. The normalized spacial score (nSPS) is 21.4. The number of Topliss-reactive ketones (excluding diaryl/α,β-unsaturated/α-hetero) is 1. The summed E-state index contributed by atoms with van der Waals surface area (Å²) >= 11 is 0. The summed E-state index contributed by atoms with van der Waals surface area (Å²) in [6.07, 6.45) is -0.0288. The first-order valence-electron chi connectivity index (χ1n) is 11.3. The second-order valence-electron chi connectivity index (χ2n) is 9.12. The zero-order valence-electron chi connectivity index (χ0n) is 18.5. The number of amides is 2. The van der Waals surface area contributed by atoms with E-state index in [9.17, 15) is 18.8 Å². The van der Waals surface area contributed by atoms with Gasteiger partial charge in [-0.3, -0.25) is 14.4 Å². The van der Waals surface area contributed by atoms with Gasteiger partial charge in [-0.1, -0.05) is 68.4 Å². The summed E-state index contributed by atoms with van der Waals surface area (Å²) in [7, 11) is 0. The van der Waals surface area contributed by atoms with Crippen molar-refractivity contribution >= 4 is 17.6 Å². The van der Waals surface area contributed by atoms with Crippen molar-refractivity contribution in [3.05, 3.63) is 71.3 Å². The van der Waals surface area contributed by atoms with E-state index in [2.05, 4.69) is 19.2 Å². The zero-order valence-corrected chi connectivity index (χ0v) is 18.5. The Labute approximate surface area is 188 Å². The van der Waals surface area contributed by atoms with Crippen molar-refractivity contribution in [2.45, 2.75) is 57.3 Å². The third kappa shape index (κ3) is 4.74. The number of hydrogen-bond donors (Lipinski definition) is 1. The van der Waals surface area contributed by atoms with Gasteiger partial charge >= 0.3 is 0 Å². The molecule has 0 aromatic heterocycles. The molecule has 1 aliphatic carbocycles.